The third kappa shape index (κ3) is 4.34. The molecule has 6 nitrogen and oxygen atoms in total. The van der Waals surface area contributed by atoms with Crippen LogP contribution >= 0.6 is 11.3 Å². The molecule has 1 amide bonds. The summed E-state index contributed by atoms with van der Waals surface area (Å²) in [6, 6.07) is 1.70. The molecule has 24 heavy (non-hydrogen) atoms. The van der Waals surface area contributed by atoms with Gasteiger partial charge in [-0.1, -0.05) is 6.42 Å². The van der Waals surface area contributed by atoms with Gasteiger partial charge in [0.25, 0.3) is 5.91 Å². The van der Waals surface area contributed by atoms with Gasteiger partial charge in [0, 0.05) is 11.5 Å². The number of carboxylic acid groups (broad SMARTS) is 1. The van der Waals surface area contributed by atoms with Gasteiger partial charge in [0.05, 0.1) is 23.6 Å². The molecule has 7 heteroatoms. The van der Waals surface area contributed by atoms with Gasteiger partial charge in [0.1, 0.15) is 6.61 Å². The Morgan fingerprint density at radius 1 is 1.33 bits per heavy atom. The van der Waals surface area contributed by atoms with Gasteiger partial charge in [-0.3, -0.25) is 4.79 Å². The Labute approximate surface area is 145 Å². The molecule has 1 saturated heterocycles. The zero-order valence-electron chi connectivity index (χ0n) is 13.6. The maximum absolute atomic E-state index is 12.6. The van der Waals surface area contributed by atoms with Gasteiger partial charge in [0.15, 0.2) is 0 Å². The van der Waals surface area contributed by atoms with Gasteiger partial charge in [-0.05, 0) is 43.7 Å². The van der Waals surface area contributed by atoms with Crippen molar-refractivity contribution in [1.82, 2.24) is 5.32 Å². The molecule has 2 aliphatic rings. The summed E-state index contributed by atoms with van der Waals surface area (Å²) in [4.78, 5) is 25.3. The molecule has 1 aromatic rings. The second-order valence-corrected chi connectivity index (χ2v) is 7.44. The minimum atomic E-state index is -1.01. The van der Waals surface area contributed by atoms with Crippen molar-refractivity contribution in [3.63, 3.8) is 0 Å². The molecular weight excluding hydrogens is 330 g/mol. The minimum Gasteiger partial charge on any atom is -0.480 e. The maximum Gasteiger partial charge on any atom is 0.329 e. The van der Waals surface area contributed by atoms with Crippen LogP contribution in [0.2, 0.25) is 0 Å². The van der Waals surface area contributed by atoms with Crippen LogP contribution in [0.1, 0.15) is 45.8 Å². The van der Waals surface area contributed by atoms with Crippen molar-refractivity contribution in [2.45, 2.75) is 50.7 Å². The molecule has 1 aliphatic heterocycles. The van der Waals surface area contributed by atoms with Gasteiger partial charge in [-0.25, -0.2) is 4.79 Å². The fourth-order valence-electron chi connectivity index (χ4n) is 3.25. The van der Waals surface area contributed by atoms with Crippen molar-refractivity contribution < 1.29 is 24.2 Å². The van der Waals surface area contributed by atoms with E-state index in [9.17, 15) is 9.59 Å². The lowest BCUT2D eigenvalue weighted by Crippen LogP contribution is -2.50. The van der Waals surface area contributed by atoms with Crippen molar-refractivity contribution in [2.24, 2.45) is 0 Å². The van der Waals surface area contributed by atoms with Crippen LogP contribution < -0.4 is 5.32 Å². The Hall–Kier alpha value is -1.44. The Morgan fingerprint density at radius 3 is 3.00 bits per heavy atom. The van der Waals surface area contributed by atoms with E-state index in [2.05, 4.69) is 5.32 Å². The number of nitrogens with one attached hydrogen (secondary N) is 1. The number of aliphatic carboxylic acids is 1. The van der Waals surface area contributed by atoms with Crippen LogP contribution in [0.15, 0.2) is 6.07 Å². The van der Waals surface area contributed by atoms with Gasteiger partial charge in [-0.2, -0.15) is 0 Å². The largest absolute Gasteiger partial charge is 0.480 e. The summed E-state index contributed by atoms with van der Waals surface area (Å²) in [6.45, 7) is 0.509. The molecule has 0 bridgehead atoms. The number of rotatable bonds is 5. The lowest BCUT2D eigenvalue weighted by Gasteiger charge is -2.31. The van der Waals surface area contributed by atoms with Crippen molar-refractivity contribution in [1.29, 1.82) is 0 Å². The number of amides is 1. The number of ether oxygens (including phenoxy) is 2. The smallest absolute Gasteiger partial charge is 0.329 e. The molecule has 0 radical (unpaired) electrons. The highest BCUT2D eigenvalue weighted by Gasteiger charge is 2.29. The third-order valence-corrected chi connectivity index (χ3v) is 5.74. The Kier molecular flexibility index (Phi) is 5.86. The number of carbonyl (C=O) groups excluding carboxylic acids is 1. The molecule has 1 fully saturated rings. The summed E-state index contributed by atoms with van der Waals surface area (Å²) >= 11 is 1.58. The van der Waals surface area contributed by atoms with Crippen LogP contribution in [-0.2, 0) is 27.1 Å². The Balaban J connectivity index is 1.63. The highest BCUT2D eigenvalue weighted by molar-refractivity contribution is 7.14. The molecule has 0 spiro atoms. The Bertz CT molecular complexity index is 576. The summed E-state index contributed by atoms with van der Waals surface area (Å²) in [5.74, 6) is -1.12. The van der Waals surface area contributed by atoms with E-state index in [-0.39, 0.29) is 24.7 Å². The summed E-state index contributed by atoms with van der Waals surface area (Å²) in [6.07, 6.45) is 6.00. The summed E-state index contributed by atoms with van der Waals surface area (Å²) in [7, 11) is 0. The lowest BCUT2D eigenvalue weighted by molar-refractivity contribution is -0.147. The summed E-state index contributed by atoms with van der Waals surface area (Å²) in [5.41, 5.74) is 1.31. The van der Waals surface area contributed by atoms with Gasteiger partial charge < -0.3 is 19.9 Å². The standard InChI is InChI=1S/C17H23NO5S/c19-16(20)10-23-13-6-7-22-9-12(13)18-17(21)15-8-11-4-2-1-3-5-14(11)24-15/h8,12-13H,1-7,9-10H2,(H,18,21)(H,19,20)/t12-,13+/m1/s1. The summed E-state index contributed by atoms with van der Waals surface area (Å²) < 4.78 is 10.8. The Morgan fingerprint density at radius 2 is 2.17 bits per heavy atom. The van der Waals surface area contributed by atoms with E-state index in [0.717, 1.165) is 17.7 Å². The number of hydrogen-bond donors (Lipinski definition) is 2. The fraction of sp³-hybridized carbons (Fsp3) is 0.647. The molecule has 132 valence electrons. The van der Waals surface area contributed by atoms with Gasteiger partial charge >= 0.3 is 5.97 Å². The van der Waals surface area contributed by atoms with Crippen LogP contribution in [0, 0.1) is 0 Å². The lowest BCUT2D eigenvalue weighted by atomic mass is 10.1. The molecular formula is C17H23NO5S. The first kappa shape index (κ1) is 17.4. The monoisotopic (exact) mass is 353 g/mol. The second-order valence-electron chi connectivity index (χ2n) is 6.31. The highest BCUT2D eigenvalue weighted by atomic mass is 32.1. The normalized spacial score (nSPS) is 24.0. The predicted molar refractivity (Wildman–Crippen MR) is 89.6 cm³/mol. The first-order chi connectivity index (χ1) is 11.6. The fourth-order valence-corrected chi connectivity index (χ4v) is 4.41. The predicted octanol–water partition coefficient (Wildman–Crippen LogP) is 2.01. The van der Waals surface area contributed by atoms with E-state index in [4.69, 9.17) is 14.6 Å². The molecule has 3 rings (SSSR count). The number of thiophene rings is 1. The molecule has 0 aromatic carbocycles. The number of fused-ring (bicyclic) bond motifs is 1. The van der Waals surface area contributed by atoms with E-state index in [1.165, 1.54) is 29.7 Å². The molecule has 1 aliphatic carbocycles. The maximum atomic E-state index is 12.6. The van der Waals surface area contributed by atoms with Crippen molar-refractivity contribution in [3.05, 3.63) is 21.4 Å². The zero-order chi connectivity index (χ0) is 16.9. The van der Waals surface area contributed by atoms with Crippen molar-refractivity contribution >= 4 is 23.2 Å². The number of carboxylic acids is 1. The van der Waals surface area contributed by atoms with Crippen molar-refractivity contribution in [2.75, 3.05) is 19.8 Å². The molecule has 0 saturated carbocycles. The zero-order valence-corrected chi connectivity index (χ0v) is 14.4. The molecule has 2 atom stereocenters. The first-order valence-electron chi connectivity index (χ1n) is 8.47. The van der Waals surface area contributed by atoms with E-state index in [0.29, 0.717) is 19.6 Å². The topological polar surface area (TPSA) is 84.9 Å². The third-order valence-electron chi connectivity index (χ3n) is 4.50. The van der Waals surface area contributed by atoms with E-state index >= 15 is 0 Å². The first-order valence-corrected chi connectivity index (χ1v) is 9.28. The summed E-state index contributed by atoms with van der Waals surface area (Å²) in [5, 5.41) is 11.7. The van der Waals surface area contributed by atoms with Crippen LogP contribution in [-0.4, -0.2) is 48.9 Å². The minimum absolute atomic E-state index is 0.118. The highest BCUT2D eigenvalue weighted by Crippen LogP contribution is 2.29. The SMILES string of the molecule is O=C(O)CO[C@H]1CCOC[C@H]1NC(=O)c1cc2c(s1)CCCCC2. The average molecular weight is 353 g/mol. The van der Waals surface area contributed by atoms with Crippen LogP contribution in [0.25, 0.3) is 0 Å². The van der Waals surface area contributed by atoms with E-state index in [1.54, 1.807) is 11.3 Å². The van der Waals surface area contributed by atoms with Gasteiger partial charge in [0.2, 0.25) is 0 Å². The van der Waals surface area contributed by atoms with Crippen molar-refractivity contribution in [3.8, 4) is 0 Å². The van der Waals surface area contributed by atoms with E-state index < -0.39 is 5.97 Å². The molecule has 0 unspecified atom stereocenters. The van der Waals surface area contributed by atoms with Crippen LogP contribution in [0.5, 0.6) is 0 Å². The number of aryl methyl sites for hydroxylation is 2. The molecule has 2 N–H and O–H groups in total. The second kappa shape index (κ2) is 8.09. The number of carbonyl (C=O) groups is 2. The van der Waals surface area contributed by atoms with E-state index in [1.807, 2.05) is 6.07 Å². The molecule has 2 heterocycles. The average Bonchev–Trinajstić information content (AvgIpc) is 2.85. The number of hydrogen-bond acceptors (Lipinski definition) is 5. The van der Waals surface area contributed by atoms with Crippen LogP contribution in [0.3, 0.4) is 0 Å². The van der Waals surface area contributed by atoms with Gasteiger partial charge in [-0.15, -0.1) is 11.3 Å². The quantitative estimate of drug-likeness (QED) is 0.791. The molecule has 1 aromatic heterocycles. The van der Waals surface area contributed by atoms with Crippen LogP contribution in [0.4, 0.5) is 0 Å².